The van der Waals surface area contributed by atoms with Crippen LogP contribution in [-0.4, -0.2) is 16.6 Å². The summed E-state index contributed by atoms with van der Waals surface area (Å²) in [6.45, 7) is 2.81. The molecule has 4 aromatic rings. The van der Waals surface area contributed by atoms with Gasteiger partial charge in [0.1, 0.15) is 5.82 Å². The van der Waals surface area contributed by atoms with E-state index < -0.39 is 11.6 Å². The van der Waals surface area contributed by atoms with E-state index in [-0.39, 0.29) is 0 Å². The minimum Gasteiger partial charge on any atom is -0.490 e. The SMILES string of the molecule is CCCCOc1cnc(CCc2ccc(C#Cc3ccc4cc(F)c(F)cc4c3)cc2)nc1. The molecular formula is C28H24F2N2O. The minimum absolute atomic E-state index is 0.624. The zero-order valence-corrected chi connectivity index (χ0v) is 18.4. The van der Waals surface area contributed by atoms with Gasteiger partial charge in [0, 0.05) is 17.5 Å². The Morgan fingerprint density at radius 3 is 2.18 bits per heavy atom. The van der Waals surface area contributed by atoms with Crippen molar-refractivity contribution in [1.82, 2.24) is 9.97 Å². The van der Waals surface area contributed by atoms with Gasteiger partial charge < -0.3 is 4.74 Å². The van der Waals surface area contributed by atoms with Gasteiger partial charge in [-0.15, -0.1) is 0 Å². The number of benzene rings is 3. The van der Waals surface area contributed by atoms with Crippen molar-refractivity contribution in [2.45, 2.75) is 32.6 Å². The van der Waals surface area contributed by atoms with Crippen LogP contribution in [0.3, 0.4) is 0 Å². The number of fused-ring (bicyclic) bond motifs is 1. The summed E-state index contributed by atoms with van der Waals surface area (Å²) < 4.78 is 32.4. The second-order valence-corrected chi connectivity index (χ2v) is 7.81. The standard InChI is InChI=1S/C28H24F2N2O/c1-2-3-14-33-25-18-31-28(32-19-25)13-11-21-6-4-20(5-7-21)8-9-22-10-12-23-16-26(29)27(30)17-24(23)15-22/h4-7,10,12,15-19H,2-3,11,13-14H2,1H3. The Kier molecular flexibility index (Phi) is 7.26. The number of hydrogen-bond donors (Lipinski definition) is 0. The van der Waals surface area contributed by atoms with Crippen molar-refractivity contribution in [2.75, 3.05) is 6.61 Å². The van der Waals surface area contributed by atoms with Gasteiger partial charge in [-0.2, -0.15) is 0 Å². The molecule has 0 aliphatic rings. The summed E-state index contributed by atoms with van der Waals surface area (Å²) in [6.07, 6.45) is 7.15. The summed E-state index contributed by atoms with van der Waals surface area (Å²) in [4.78, 5) is 8.76. The lowest BCUT2D eigenvalue weighted by atomic mass is 10.1. The highest BCUT2D eigenvalue weighted by molar-refractivity contribution is 5.84. The van der Waals surface area contributed by atoms with Crippen molar-refractivity contribution in [1.29, 1.82) is 0 Å². The molecule has 0 atom stereocenters. The average Bonchev–Trinajstić information content (AvgIpc) is 2.84. The number of ether oxygens (including phenoxy) is 1. The third-order valence-corrected chi connectivity index (χ3v) is 5.27. The molecule has 0 radical (unpaired) electrons. The van der Waals surface area contributed by atoms with Crippen LogP contribution < -0.4 is 4.74 Å². The summed E-state index contributed by atoms with van der Waals surface area (Å²) in [5.74, 6) is 6.00. The summed E-state index contributed by atoms with van der Waals surface area (Å²) in [5, 5.41) is 1.27. The van der Waals surface area contributed by atoms with E-state index in [1.165, 1.54) is 17.7 Å². The third-order valence-electron chi connectivity index (χ3n) is 5.27. The fraction of sp³-hybridized carbons (Fsp3) is 0.214. The lowest BCUT2D eigenvalue weighted by molar-refractivity contribution is 0.306. The zero-order valence-electron chi connectivity index (χ0n) is 18.4. The molecule has 3 nitrogen and oxygen atoms in total. The molecule has 166 valence electrons. The molecule has 0 spiro atoms. The number of aromatic nitrogens is 2. The quantitative estimate of drug-likeness (QED) is 0.250. The van der Waals surface area contributed by atoms with E-state index in [0.29, 0.717) is 23.1 Å². The van der Waals surface area contributed by atoms with E-state index in [9.17, 15) is 8.78 Å². The molecule has 3 aromatic carbocycles. The predicted octanol–water partition coefficient (Wildman–Crippen LogP) is 6.27. The molecule has 4 rings (SSSR count). The summed E-state index contributed by atoms with van der Waals surface area (Å²) in [6, 6.07) is 15.8. The Balaban J connectivity index is 1.35. The smallest absolute Gasteiger partial charge is 0.159 e. The number of nitrogens with zero attached hydrogens (tertiary/aromatic N) is 2. The van der Waals surface area contributed by atoms with Crippen LogP contribution in [0.5, 0.6) is 5.75 Å². The Hall–Kier alpha value is -3.78. The van der Waals surface area contributed by atoms with Crippen LogP contribution in [0.1, 0.15) is 42.3 Å². The highest BCUT2D eigenvalue weighted by Gasteiger charge is 2.04. The van der Waals surface area contributed by atoms with Crippen molar-refractivity contribution < 1.29 is 13.5 Å². The molecule has 0 unspecified atom stereocenters. The van der Waals surface area contributed by atoms with Gasteiger partial charge in [0.25, 0.3) is 0 Å². The van der Waals surface area contributed by atoms with Gasteiger partial charge >= 0.3 is 0 Å². The van der Waals surface area contributed by atoms with Gasteiger partial charge in [0.05, 0.1) is 19.0 Å². The largest absolute Gasteiger partial charge is 0.490 e. The number of rotatable bonds is 7. The lowest BCUT2D eigenvalue weighted by Crippen LogP contribution is -2.01. The average molecular weight is 443 g/mol. The predicted molar refractivity (Wildman–Crippen MR) is 126 cm³/mol. The van der Waals surface area contributed by atoms with E-state index >= 15 is 0 Å². The topological polar surface area (TPSA) is 35.0 Å². The molecule has 1 heterocycles. The van der Waals surface area contributed by atoms with Crippen LogP contribution in [0.2, 0.25) is 0 Å². The molecule has 0 N–H and O–H groups in total. The molecule has 5 heteroatoms. The van der Waals surface area contributed by atoms with Crippen LogP contribution in [0.15, 0.2) is 67.0 Å². The molecule has 33 heavy (non-hydrogen) atoms. The van der Waals surface area contributed by atoms with Gasteiger partial charge in [-0.3, -0.25) is 0 Å². The van der Waals surface area contributed by atoms with Crippen molar-refractivity contribution in [3.63, 3.8) is 0 Å². The molecule has 0 bridgehead atoms. The normalized spacial score (nSPS) is 10.6. The molecular weight excluding hydrogens is 418 g/mol. The Bertz CT molecular complexity index is 1290. The van der Waals surface area contributed by atoms with Gasteiger partial charge in [-0.1, -0.05) is 43.4 Å². The summed E-state index contributed by atoms with van der Waals surface area (Å²) in [5.41, 5.74) is 2.81. The molecule has 0 aliphatic heterocycles. The number of halogens is 2. The van der Waals surface area contributed by atoms with Gasteiger partial charge in [0.15, 0.2) is 17.4 Å². The van der Waals surface area contributed by atoms with E-state index in [1.807, 2.05) is 24.3 Å². The number of aryl methyl sites for hydroxylation is 2. The molecule has 0 fully saturated rings. The van der Waals surface area contributed by atoms with E-state index in [0.717, 1.165) is 42.6 Å². The zero-order chi connectivity index (χ0) is 23.0. The Morgan fingerprint density at radius 2 is 1.45 bits per heavy atom. The van der Waals surface area contributed by atoms with Crippen molar-refractivity contribution in [3.05, 3.63) is 101 Å². The highest BCUT2D eigenvalue weighted by Crippen LogP contribution is 2.20. The van der Waals surface area contributed by atoms with Crippen LogP contribution in [0, 0.1) is 23.5 Å². The minimum atomic E-state index is -0.857. The van der Waals surface area contributed by atoms with Crippen LogP contribution >= 0.6 is 0 Å². The maximum Gasteiger partial charge on any atom is 0.159 e. The fourth-order valence-electron chi connectivity index (χ4n) is 3.36. The molecule has 1 aromatic heterocycles. The van der Waals surface area contributed by atoms with E-state index in [4.69, 9.17) is 4.74 Å². The first-order chi connectivity index (χ1) is 16.1. The molecule has 0 saturated heterocycles. The maximum atomic E-state index is 13.5. The molecule has 0 aliphatic carbocycles. The summed E-state index contributed by atoms with van der Waals surface area (Å²) in [7, 11) is 0. The summed E-state index contributed by atoms with van der Waals surface area (Å²) >= 11 is 0. The molecule has 0 amide bonds. The van der Waals surface area contributed by atoms with Crippen molar-refractivity contribution in [3.8, 4) is 17.6 Å². The van der Waals surface area contributed by atoms with Gasteiger partial charge in [-0.05, 0) is 65.6 Å². The number of unbranched alkanes of at least 4 members (excludes halogenated alkanes) is 1. The van der Waals surface area contributed by atoms with Crippen molar-refractivity contribution in [2.24, 2.45) is 0 Å². The van der Waals surface area contributed by atoms with Crippen LogP contribution in [-0.2, 0) is 12.8 Å². The maximum absolute atomic E-state index is 13.5. The van der Waals surface area contributed by atoms with Gasteiger partial charge in [-0.25, -0.2) is 18.7 Å². The second-order valence-electron chi connectivity index (χ2n) is 7.81. The lowest BCUT2D eigenvalue weighted by Gasteiger charge is -2.05. The monoisotopic (exact) mass is 442 g/mol. The fourth-order valence-corrected chi connectivity index (χ4v) is 3.36. The van der Waals surface area contributed by atoms with Crippen LogP contribution in [0.4, 0.5) is 8.78 Å². The van der Waals surface area contributed by atoms with E-state index in [1.54, 1.807) is 30.6 Å². The highest BCUT2D eigenvalue weighted by atomic mass is 19.2. The first kappa shape index (κ1) is 22.4. The third kappa shape index (κ3) is 6.14. The second kappa shape index (κ2) is 10.7. The van der Waals surface area contributed by atoms with Crippen molar-refractivity contribution >= 4 is 10.8 Å². The Labute approximate surface area is 192 Å². The van der Waals surface area contributed by atoms with Crippen LogP contribution in [0.25, 0.3) is 10.8 Å². The molecule has 0 saturated carbocycles. The number of hydrogen-bond acceptors (Lipinski definition) is 3. The van der Waals surface area contributed by atoms with Gasteiger partial charge in [0.2, 0.25) is 0 Å². The first-order valence-electron chi connectivity index (χ1n) is 11.0. The Morgan fingerprint density at radius 1 is 0.788 bits per heavy atom. The first-order valence-corrected chi connectivity index (χ1v) is 11.0. The van der Waals surface area contributed by atoms with E-state index in [2.05, 4.69) is 28.7 Å².